The van der Waals surface area contributed by atoms with E-state index in [4.69, 9.17) is 4.74 Å². The van der Waals surface area contributed by atoms with Crippen LogP contribution in [0.5, 0.6) is 0 Å². The Morgan fingerprint density at radius 2 is 2.13 bits per heavy atom. The number of rotatable bonds is 5. The van der Waals surface area contributed by atoms with E-state index in [9.17, 15) is 5.11 Å². The van der Waals surface area contributed by atoms with Gasteiger partial charge in [-0.15, -0.1) is 0 Å². The summed E-state index contributed by atoms with van der Waals surface area (Å²) in [6.45, 7) is 2.94. The van der Waals surface area contributed by atoms with Crippen molar-refractivity contribution in [1.29, 1.82) is 0 Å². The van der Waals surface area contributed by atoms with Crippen LogP contribution in [0.4, 0.5) is 0 Å². The summed E-state index contributed by atoms with van der Waals surface area (Å²) in [5, 5.41) is 15.2. The number of ether oxygens (including phenoxy) is 1. The lowest BCUT2D eigenvalue weighted by atomic mass is 9.98. The molecule has 0 aliphatic carbocycles. The number of methoxy groups -OCH3 is 1. The topological polar surface area (TPSA) is 73.1 Å². The number of aliphatic hydroxyl groups is 1. The number of aryl methyl sites for hydroxylation is 1. The van der Waals surface area contributed by atoms with E-state index >= 15 is 0 Å². The number of aromatic nitrogens is 4. The number of halogens is 1. The largest absolute Gasteiger partial charge is 0.392 e. The molecule has 0 unspecified atom stereocenters. The fourth-order valence-corrected chi connectivity index (χ4v) is 3.08. The number of nitrogens with zero attached hydrogens (tertiary/aromatic N) is 4. The lowest BCUT2D eigenvalue weighted by Crippen LogP contribution is -2.06. The first-order chi connectivity index (χ1) is 11.2. The van der Waals surface area contributed by atoms with Crippen LogP contribution in [0.1, 0.15) is 18.2 Å². The van der Waals surface area contributed by atoms with Crippen molar-refractivity contribution in [3.05, 3.63) is 40.4 Å². The molecule has 0 bridgehead atoms. The lowest BCUT2D eigenvalue weighted by Gasteiger charge is -2.14. The van der Waals surface area contributed by atoms with Gasteiger partial charge in [0.2, 0.25) is 0 Å². The van der Waals surface area contributed by atoms with Gasteiger partial charge < -0.3 is 9.84 Å². The second-order valence-electron chi connectivity index (χ2n) is 5.09. The van der Waals surface area contributed by atoms with Crippen LogP contribution in [-0.4, -0.2) is 32.0 Å². The molecule has 0 amide bonds. The van der Waals surface area contributed by atoms with E-state index in [-0.39, 0.29) is 6.61 Å². The monoisotopic (exact) mass is 376 g/mol. The van der Waals surface area contributed by atoms with E-state index in [2.05, 4.69) is 31.0 Å². The Balaban J connectivity index is 2.38. The molecule has 3 aromatic rings. The third-order valence-corrected chi connectivity index (χ3v) is 4.14. The molecule has 7 heteroatoms. The van der Waals surface area contributed by atoms with Gasteiger partial charge in [0.15, 0.2) is 5.65 Å². The average Bonchev–Trinajstić information content (AvgIpc) is 2.96. The molecule has 6 nitrogen and oxygen atoms in total. The Morgan fingerprint density at radius 3 is 2.78 bits per heavy atom. The van der Waals surface area contributed by atoms with Gasteiger partial charge >= 0.3 is 0 Å². The van der Waals surface area contributed by atoms with E-state index in [1.165, 1.54) is 0 Å². The van der Waals surface area contributed by atoms with Crippen molar-refractivity contribution < 1.29 is 9.84 Å². The van der Waals surface area contributed by atoms with Crippen molar-refractivity contribution in [2.45, 2.75) is 26.7 Å². The predicted molar refractivity (Wildman–Crippen MR) is 90.8 cm³/mol. The number of fused-ring (bicyclic) bond motifs is 1. The Morgan fingerprint density at radius 1 is 1.30 bits per heavy atom. The normalized spacial score (nSPS) is 11.3. The molecular weight excluding hydrogens is 360 g/mol. The third-order valence-electron chi connectivity index (χ3n) is 3.70. The summed E-state index contributed by atoms with van der Waals surface area (Å²) in [6, 6.07) is 1.97. The van der Waals surface area contributed by atoms with Crippen molar-refractivity contribution in [3.8, 4) is 11.1 Å². The zero-order valence-electron chi connectivity index (χ0n) is 13.0. The van der Waals surface area contributed by atoms with Crippen LogP contribution in [0.15, 0.2) is 29.1 Å². The zero-order chi connectivity index (χ0) is 16.4. The fraction of sp³-hybridized carbons (Fsp3) is 0.312. The van der Waals surface area contributed by atoms with Crippen LogP contribution in [-0.2, 0) is 24.5 Å². The van der Waals surface area contributed by atoms with E-state index < -0.39 is 0 Å². The first kappa shape index (κ1) is 16.0. The van der Waals surface area contributed by atoms with Crippen molar-refractivity contribution in [1.82, 2.24) is 19.7 Å². The average molecular weight is 377 g/mol. The Bertz CT molecular complexity index is 847. The lowest BCUT2D eigenvalue weighted by molar-refractivity contribution is 0.178. The standard InChI is InChI=1S/C16H17BrN4O2/c1-3-21-16-12(7-19-21)15(10-4-11(17)6-18-5-10)13(8-22)14(20-16)9-23-2/h4-7,22H,3,8-9H2,1-2H3. The molecule has 120 valence electrons. The van der Waals surface area contributed by atoms with Gasteiger partial charge in [0.05, 0.1) is 25.1 Å². The highest BCUT2D eigenvalue weighted by atomic mass is 79.9. The minimum atomic E-state index is -0.124. The molecule has 0 aliphatic rings. The molecule has 0 aliphatic heterocycles. The first-order valence-electron chi connectivity index (χ1n) is 7.27. The quantitative estimate of drug-likeness (QED) is 0.740. The molecule has 0 fully saturated rings. The highest BCUT2D eigenvalue weighted by Gasteiger charge is 2.19. The number of pyridine rings is 2. The highest BCUT2D eigenvalue weighted by Crippen LogP contribution is 2.34. The van der Waals surface area contributed by atoms with E-state index in [0.29, 0.717) is 12.3 Å². The van der Waals surface area contributed by atoms with Crippen molar-refractivity contribution in [3.63, 3.8) is 0 Å². The molecule has 3 aromatic heterocycles. The number of hydrogen-bond acceptors (Lipinski definition) is 5. The zero-order valence-corrected chi connectivity index (χ0v) is 14.5. The van der Waals surface area contributed by atoms with Crippen molar-refractivity contribution in [2.24, 2.45) is 0 Å². The third kappa shape index (κ3) is 2.87. The van der Waals surface area contributed by atoms with Crippen LogP contribution in [0, 0.1) is 0 Å². The maximum atomic E-state index is 9.93. The smallest absolute Gasteiger partial charge is 0.158 e. The fourth-order valence-electron chi connectivity index (χ4n) is 2.71. The summed E-state index contributed by atoms with van der Waals surface area (Å²) in [4.78, 5) is 8.90. The number of hydrogen-bond donors (Lipinski definition) is 1. The van der Waals surface area contributed by atoms with Crippen LogP contribution in [0.3, 0.4) is 0 Å². The van der Waals surface area contributed by atoms with Gasteiger partial charge in [0.1, 0.15) is 0 Å². The van der Waals surface area contributed by atoms with Gasteiger partial charge in [0.25, 0.3) is 0 Å². The minimum Gasteiger partial charge on any atom is -0.392 e. The summed E-state index contributed by atoms with van der Waals surface area (Å²) in [5.74, 6) is 0. The van der Waals surface area contributed by atoms with E-state index in [0.717, 1.165) is 38.7 Å². The molecule has 23 heavy (non-hydrogen) atoms. The molecular formula is C16H17BrN4O2. The molecule has 3 rings (SSSR count). The molecule has 0 saturated heterocycles. The Kier molecular flexibility index (Phi) is 4.70. The summed E-state index contributed by atoms with van der Waals surface area (Å²) >= 11 is 3.45. The second kappa shape index (κ2) is 6.74. The van der Waals surface area contributed by atoms with Crippen LogP contribution >= 0.6 is 15.9 Å². The maximum Gasteiger partial charge on any atom is 0.158 e. The molecule has 0 radical (unpaired) electrons. The van der Waals surface area contributed by atoms with Gasteiger partial charge in [-0.2, -0.15) is 5.10 Å². The number of aliphatic hydroxyl groups excluding tert-OH is 1. The summed E-state index contributed by atoms with van der Waals surface area (Å²) in [7, 11) is 1.62. The molecule has 0 spiro atoms. The maximum absolute atomic E-state index is 9.93. The molecule has 0 saturated carbocycles. The van der Waals surface area contributed by atoms with Crippen LogP contribution in [0.2, 0.25) is 0 Å². The molecule has 0 atom stereocenters. The highest BCUT2D eigenvalue weighted by molar-refractivity contribution is 9.10. The van der Waals surface area contributed by atoms with Crippen molar-refractivity contribution >= 4 is 27.0 Å². The van der Waals surface area contributed by atoms with Gasteiger partial charge in [-0.05, 0) is 28.9 Å². The predicted octanol–water partition coefficient (Wildman–Crippen LogP) is 2.91. The molecule has 1 N–H and O–H groups in total. The minimum absolute atomic E-state index is 0.124. The first-order valence-corrected chi connectivity index (χ1v) is 8.06. The summed E-state index contributed by atoms with van der Waals surface area (Å²) < 4.78 is 7.97. The molecule has 3 heterocycles. The molecule has 0 aromatic carbocycles. The summed E-state index contributed by atoms with van der Waals surface area (Å²) in [6.07, 6.45) is 5.29. The van der Waals surface area contributed by atoms with E-state index in [1.807, 2.05) is 17.7 Å². The van der Waals surface area contributed by atoms with Gasteiger partial charge in [-0.1, -0.05) is 0 Å². The Hall–Kier alpha value is -1.83. The summed E-state index contributed by atoms with van der Waals surface area (Å²) in [5.41, 5.74) is 4.05. The van der Waals surface area contributed by atoms with Crippen molar-refractivity contribution in [2.75, 3.05) is 7.11 Å². The van der Waals surface area contributed by atoms with E-state index in [1.54, 1.807) is 25.7 Å². The Labute approximate surface area is 142 Å². The van der Waals surface area contributed by atoms with Gasteiger partial charge in [-0.3, -0.25) is 4.98 Å². The van der Waals surface area contributed by atoms with Gasteiger partial charge in [-0.25, -0.2) is 9.67 Å². The van der Waals surface area contributed by atoms with Crippen LogP contribution < -0.4 is 0 Å². The SMILES string of the molecule is CCn1ncc2c(-c3cncc(Br)c3)c(CO)c(COC)nc21. The van der Waals surface area contributed by atoms with Gasteiger partial charge in [0, 0.05) is 52.6 Å². The second-order valence-corrected chi connectivity index (χ2v) is 6.01. The van der Waals surface area contributed by atoms with Crippen LogP contribution in [0.25, 0.3) is 22.2 Å².